The largest absolute Gasteiger partial charge is 0.494 e. The Hall–Kier alpha value is -2.22. The molecule has 7 nitrogen and oxygen atoms in total. The number of thioether (sulfide) groups is 1. The number of amides is 1. The van der Waals surface area contributed by atoms with Gasteiger partial charge in [-0.3, -0.25) is 4.79 Å². The molecule has 0 radical (unpaired) electrons. The van der Waals surface area contributed by atoms with Crippen LogP contribution >= 0.6 is 11.8 Å². The SMILES string of the molecule is CCOc1ccc(NC(=O)CSc2nnc(C(C)C)n2N)cc1. The summed E-state index contributed by atoms with van der Waals surface area (Å²) in [6.45, 7) is 6.51. The molecule has 1 heterocycles. The van der Waals surface area contributed by atoms with Gasteiger partial charge in [-0.15, -0.1) is 10.2 Å². The molecule has 0 fully saturated rings. The van der Waals surface area contributed by atoms with Gasteiger partial charge in [-0.25, -0.2) is 4.68 Å². The first kappa shape index (κ1) is 17.1. The summed E-state index contributed by atoms with van der Waals surface area (Å²) >= 11 is 1.25. The molecule has 124 valence electrons. The number of benzene rings is 1. The third-order valence-corrected chi connectivity index (χ3v) is 3.93. The average Bonchev–Trinajstić information content (AvgIpc) is 2.88. The minimum Gasteiger partial charge on any atom is -0.494 e. The Kier molecular flexibility index (Phi) is 5.86. The van der Waals surface area contributed by atoms with Gasteiger partial charge in [0.25, 0.3) is 0 Å². The monoisotopic (exact) mass is 335 g/mol. The molecule has 0 spiro atoms. The number of hydrogen-bond donors (Lipinski definition) is 2. The van der Waals surface area contributed by atoms with E-state index in [2.05, 4.69) is 15.5 Å². The highest BCUT2D eigenvalue weighted by molar-refractivity contribution is 7.99. The van der Waals surface area contributed by atoms with E-state index in [0.29, 0.717) is 17.6 Å². The quantitative estimate of drug-likeness (QED) is 0.595. The van der Waals surface area contributed by atoms with Crippen LogP contribution in [0.5, 0.6) is 5.75 Å². The van der Waals surface area contributed by atoms with Gasteiger partial charge in [-0.2, -0.15) is 0 Å². The van der Waals surface area contributed by atoms with Crippen molar-refractivity contribution >= 4 is 23.4 Å². The predicted octanol–water partition coefficient (Wildman–Crippen LogP) is 2.24. The Balaban J connectivity index is 1.87. The van der Waals surface area contributed by atoms with Crippen LogP contribution in [0, 0.1) is 0 Å². The van der Waals surface area contributed by atoms with Crippen LogP contribution in [0.4, 0.5) is 5.69 Å². The van der Waals surface area contributed by atoms with Crippen molar-refractivity contribution in [2.75, 3.05) is 23.5 Å². The number of nitrogens with zero attached hydrogens (tertiary/aromatic N) is 3. The molecule has 23 heavy (non-hydrogen) atoms. The van der Waals surface area contributed by atoms with E-state index < -0.39 is 0 Å². The first-order valence-electron chi connectivity index (χ1n) is 7.37. The van der Waals surface area contributed by atoms with Crippen LogP contribution in [-0.4, -0.2) is 33.1 Å². The Morgan fingerprint density at radius 1 is 1.35 bits per heavy atom. The summed E-state index contributed by atoms with van der Waals surface area (Å²) in [5.74, 6) is 7.64. The normalized spacial score (nSPS) is 10.8. The van der Waals surface area contributed by atoms with Crippen molar-refractivity contribution in [3.05, 3.63) is 30.1 Å². The second-order valence-corrected chi connectivity index (χ2v) is 6.10. The second-order valence-electron chi connectivity index (χ2n) is 5.16. The van der Waals surface area contributed by atoms with Crippen molar-refractivity contribution in [2.45, 2.75) is 31.8 Å². The molecule has 0 atom stereocenters. The molecule has 1 aromatic heterocycles. The lowest BCUT2D eigenvalue weighted by Crippen LogP contribution is -2.17. The van der Waals surface area contributed by atoms with E-state index in [1.165, 1.54) is 16.4 Å². The lowest BCUT2D eigenvalue weighted by molar-refractivity contribution is -0.113. The molecule has 0 aliphatic rings. The van der Waals surface area contributed by atoms with Crippen LogP contribution in [0.2, 0.25) is 0 Å². The number of hydrogen-bond acceptors (Lipinski definition) is 6. The maximum atomic E-state index is 12.0. The molecule has 0 unspecified atom stereocenters. The predicted molar refractivity (Wildman–Crippen MR) is 91.2 cm³/mol. The summed E-state index contributed by atoms with van der Waals surface area (Å²) in [5.41, 5.74) is 0.719. The van der Waals surface area contributed by atoms with E-state index in [9.17, 15) is 4.79 Å². The molecular formula is C15H21N5O2S. The summed E-state index contributed by atoms with van der Waals surface area (Å²) < 4.78 is 6.79. The number of nitrogen functional groups attached to an aromatic ring is 1. The van der Waals surface area contributed by atoms with Crippen molar-refractivity contribution in [1.29, 1.82) is 0 Å². The number of carbonyl (C=O) groups is 1. The van der Waals surface area contributed by atoms with E-state index in [1.807, 2.05) is 32.9 Å². The van der Waals surface area contributed by atoms with Gasteiger partial charge in [0.1, 0.15) is 5.75 Å². The maximum Gasteiger partial charge on any atom is 0.234 e. The van der Waals surface area contributed by atoms with Crippen LogP contribution in [0.3, 0.4) is 0 Å². The highest BCUT2D eigenvalue weighted by atomic mass is 32.2. The van der Waals surface area contributed by atoms with Gasteiger partial charge in [0, 0.05) is 11.6 Å². The lowest BCUT2D eigenvalue weighted by atomic mass is 10.2. The standard InChI is InChI=1S/C15H21N5O2S/c1-4-22-12-7-5-11(6-8-12)17-13(21)9-23-15-19-18-14(10(2)3)20(15)16/h5-8,10H,4,9,16H2,1-3H3,(H,17,21). The molecule has 0 aliphatic heterocycles. The number of nitrogens with one attached hydrogen (secondary N) is 1. The minimum atomic E-state index is -0.131. The molecule has 0 bridgehead atoms. The summed E-state index contributed by atoms with van der Waals surface area (Å²) in [5, 5.41) is 11.4. The van der Waals surface area contributed by atoms with Crippen LogP contribution in [0.15, 0.2) is 29.4 Å². The number of carbonyl (C=O) groups excluding carboxylic acids is 1. The smallest absolute Gasteiger partial charge is 0.234 e. The van der Waals surface area contributed by atoms with Crippen LogP contribution in [-0.2, 0) is 4.79 Å². The summed E-state index contributed by atoms with van der Waals surface area (Å²) in [6, 6.07) is 7.24. The molecule has 0 aliphatic carbocycles. The molecule has 3 N–H and O–H groups in total. The first-order chi connectivity index (χ1) is 11.0. The fourth-order valence-electron chi connectivity index (χ4n) is 1.91. The zero-order valence-electron chi connectivity index (χ0n) is 13.4. The van der Waals surface area contributed by atoms with Crippen LogP contribution < -0.4 is 15.9 Å². The number of rotatable bonds is 7. The Morgan fingerprint density at radius 2 is 2.04 bits per heavy atom. The third-order valence-electron chi connectivity index (χ3n) is 2.99. The van der Waals surface area contributed by atoms with Crippen LogP contribution in [0.25, 0.3) is 0 Å². The van der Waals surface area contributed by atoms with Crippen molar-refractivity contribution < 1.29 is 9.53 Å². The van der Waals surface area contributed by atoms with Crippen molar-refractivity contribution in [3.63, 3.8) is 0 Å². The van der Waals surface area contributed by atoms with Gasteiger partial charge in [0.05, 0.1) is 12.4 Å². The van der Waals surface area contributed by atoms with Gasteiger partial charge in [0.2, 0.25) is 11.1 Å². The maximum absolute atomic E-state index is 12.0. The first-order valence-corrected chi connectivity index (χ1v) is 8.35. The molecule has 0 saturated carbocycles. The van der Waals surface area contributed by atoms with E-state index in [-0.39, 0.29) is 17.6 Å². The summed E-state index contributed by atoms with van der Waals surface area (Å²) in [6.07, 6.45) is 0. The topological polar surface area (TPSA) is 95.1 Å². The highest BCUT2D eigenvalue weighted by Gasteiger charge is 2.14. The molecule has 8 heteroatoms. The molecular weight excluding hydrogens is 314 g/mol. The van der Waals surface area contributed by atoms with E-state index in [1.54, 1.807) is 12.1 Å². The minimum absolute atomic E-state index is 0.131. The van der Waals surface area contributed by atoms with Crippen molar-refractivity contribution in [2.24, 2.45) is 0 Å². The fourth-order valence-corrected chi connectivity index (χ4v) is 2.57. The zero-order chi connectivity index (χ0) is 16.8. The Bertz CT molecular complexity index is 654. The second kappa shape index (κ2) is 7.87. The molecule has 2 rings (SSSR count). The lowest BCUT2D eigenvalue weighted by Gasteiger charge is -2.07. The highest BCUT2D eigenvalue weighted by Crippen LogP contribution is 2.19. The van der Waals surface area contributed by atoms with Gasteiger partial charge in [-0.1, -0.05) is 25.6 Å². The summed E-state index contributed by atoms with van der Waals surface area (Å²) in [4.78, 5) is 12.0. The van der Waals surface area contributed by atoms with E-state index >= 15 is 0 Å². The van der Waals surface area contributed by atoms with Crippen LogP contribution in [0.1, 0.15) is 32.5 Å². The Labute approximate surface area is 139 Å². The average molecular weight is 335 g/mol. The summed E-state index contributed by atoms with van der Waals surface area (Å²) in [7, 11) is 0. The number of anilines is 1. The van der Waals surface area contributed by atoms with Gasteiger partial charge < -0.3 is 15.9 Å². The third kappa shape index (κ3) is 4.62. The molecule has 1 amide bonds. The van der Waals surface area contributed by atoms with Gasteiger partial charge in [0.15, 0.2) is 5.82 Å². The zero-order valence-corrected chi connectivity index (χ0v) is 14.3. The van der Waals surface area contributed by atoms with Crippen molar-refractivity contribution in [1.82, 2.24) is 14.9 Å². The Morgan fingerprint density at radius 3 is 2.61 bits per heavy atom. The van der Waals surface area contributed by atoms with Gasteiger partial charge in [-0.05, 0) is 31.2 Å². The molecule has 0 saturated heterocycles. The number of ether oxygens (including phenoxy) is 1. The fraction of sp³-hybridized carbons (Fsp3) is 0.400. The molecule has 2 aromatic rings. The van der Waals surface area contributed by atoms with Gasteiger partial charge >= 0.3 is 0 Å². The van der Waals surface area contributed by atoms with E-state index in [4.69, 9.17) is 10.6 Å². The molecule has 1 aromatic carbocycles. The van der Waals surface area contributed by atoms with Crippen molar-refractivity contribution in [3.8, 4) is 5.75 Å². The number of aromatic nitrogens is 3. The number of nitrogens with two attached hydrogens (primary N) is 1. The van der Waals surface area contributed by atoms with E-state index in [0.717, 1.165) is 11.4 Å².